The van der Waals surface area contributed by atoms with Crippen LogP contribution in [0.5, 0.6) is 0 Å². The number of imidazole rings is 1. The zero-order chi connectivity index (χ0) is 11.0. The molecule has 3 rings (SSSR count). The predicted octanol–water partition coefficient (Wildman–Crippen LogP) is 3.31. The number of hydrogen-bond acceptors (Lipinski definition) is 1. The SMILES string of the molecule is Cc1nc(-c2ccccc2)c2ccccn12. The van der Waals surface area contributed by atoms with Gasteiger partial charge in [0, 0.05) is 11.8 Å². The molecule has 0 atom stereocenters. The largest absolute Gasteiger partial charge is 0.303 e. The summed E-state index contributed by atoms with van der Waals surface area (Å²) in [5.74, 6) is 1.02. The van der Waals surface area contributed by atoms with Crippen LogP contribution < -0.4 is 0 Å². The van der Waals surface area contributed by atoms with E-state index in [0.717, 1.165) is 17.0 Å². The van der Waals surface area contributed by atoms with Crippen molar-refractivity contribution in [3.63, 3.8) is 0 Å². The third-order valence-electron chi connectivity index (χ3n) is 2.77. The van der Waals surface area contributed by atoms with Crippen molar-refractivity contribution in [3.05, 3.63) is 60.6 Å². The maximum Gasteiger partial charge on any atom is 0.110 e. The van der Waals surface area contributed by atoms with Crippen molar-refractivity contribution < 1.29 is 0 Å². The first-order chi connectivity index (χ1) is 7.86. The molecule has 0 unspecified atom stereocenters. The van der Waals surface area contributed by atoms with E-state index in [1.807, 2.05) is 43.5 Å². The number of aromatic nitrogens is 2. The van der Waals surface area contributed by atoms with Gasteiger partial charge in [-0.05, 0) is 19.1 Å². The van der Waals surface area contributed by atoms with Crippen LogP contribution in [0.1, 0.15) is 5.82 Å². The molecule has 0 saturated carbocycles. The summed E-state index contributed by atoms with van der Waals surface area (Å²) in [6.45, 7) is 2.03. The van der Waals surface area contributed by atoms with Gasteiger partial charge in [-0.1, -0.05) is 36.4 Å². The minimum atomic E-state index is 1.02. The Kier molecular flexibility index (Phi) is 2.00. The summed E-state index contributed by atoms with van der Waals surface area (Å²) in [6.07, 6.45) is 2.05. The third-order valence-corrected chi connectivity index (χ3v) is 2.77. The summed E-state index contributed by atoms with van der Waals surface area (Å²) in [5, 5.41) is 0. The van der Waals surface area contributed by atoms with E-state index in [9.17, 15) is 0 Å². The normalized spacial score (nSPS) is 10.8. The predicted molar refractivity (Wildman–Crippen MR) is 65.4 cm³/mol. The van der Waals surface area contributed by atoms with Crippen LogP contribution in [0.25, 0.3) is 16.8 Å². The minimum Gasteiger partial charge on any atom is -0.303 e. The molecule has 1 aromatic carbocycles. The number of rotatable bonds is 1. The first-order valence-electron chi connectivity index (χ1n) is 5.35. The quantitative estimate of drug-likeness (QED) is 0.599. The van der Waals surface area contributed by atoms with Crippen molar-refractivity contribution in [2.45, 2.75) is 6.92 Å². The van der Waals surface area contributed by atoms with Gasteiger partial charge in [-0.15, -0.1) is 0 Å². The monoisotopic (exact) mass is 208 g/mol. The van der Waals surface area contributed by atoms with E-state index in [1.165, 1.54) is 5.56 Å². The maximum atomic E-state index is 4.62. The molecule has 0 bridgehead atoms. The lowest BCUT2D eigenvalue weighted by atomic mass is 10.1. The lowest BCUT2D eigenvalue weighted by Crippen LogP contribution is -1.84. The number of nitrogens with zero attached hydrogens (tertiary/aromatic N) is 2. The number of hydrogen-bond donors (Lipinski definition) is 0. The topological polar surface area (TPSA) is 17.3 Å². The molecule has 0 aliphatic rings. The van der Waals surface area contributed by atoms with Crippen molar-refractivity contribution in [2.75, 3.05) is 0 Å². The molecule has 0 N–H and O–H groups in total. The molecular formula is C14H12N2. The fourth-order valence-corrected chi connectivity index (χ4v) is 2.00. The summed E-state index contributed by atoms with van der Waals surface area (Å²) in [4.78, 5) is 4.62. The van der Waals surface area contributed by atoms with E-state index >= 15 is 0 Å². The van der Waals surface area contributed by atoms with Crippen LogP contribution >= 0.6 is 0 Å². The molecule has 3 aromatic rings. The maximum absolute atomic E-state index is 4.62. The minimum absolute atomic E-state index is 1.02. The van der Waals surface area contributed by atoms with Gasteiger partial charge in [0.05, 0.1) is 11.2 Å². The van der Waals surface area contributed by atoms with Gasteiger partial charge in [0.2, 0.25) is 0 Å². The van der Waals surface area contributed by atoms with Crippen LogP contribution in [0.3, 0.4) is 0 Å². The molecule has 0 aliphatic carbocycles. The Morgan fingerprint density at radius 2 is 1.69 bits per heavy atom. The second-order valence-electron chi connectivity index (χ2n) is 3.83. The highest BCUT2D eigenvalue weighted by Gasteiger charge is 2.08. The molecule has 2 heterocycles. The zero-order valence-corrected chi connectivity index (χ0v) is 9.09. The molecule has 0 radical (unpaired) electrons. The van der Waals surface area contributed by atoms with Gasteiger partial charge in [-0.3, -0.25) is 0 Å². The van der Waals surface area contributed by atoms with E-state index < -0.39 is 0 Å². The number of aryl methyl sites for hydroxylation is 1. The van der Waals surface area contributed by atoms with Crippen LogP contribution in [-0.2, 0) is 0 Å². The van der Waals surface area contributed by atoms with Crippen molar-refractivity contribution in [2.24, 2.45) is 0 Å². The first-order valence-corrected chi connectivity index (χ1v) is 5.35. The van der Waals surface area contributed by atoms with Crippen LogP contribution in [0.15, 0.2) is 54.7 Å². The van der Waals surface area contributed by atoms with Crippen molar-refractivity contribution in [1.82, 2.24) is 9.38 Å². The highest BCUT2D eigenvalue weighted by atomic mass is 15.0. The Hall–Kier alpha value is -2.09. The standard InChI is InChI=1S/C14H12N2/c1-11-15-14(12-7-3-2-4-8-12)13-9-5-6-10-16(11)13/h2-10H,1H3. The second kappa shape index (κ2) is 3.49. The smallest absolute Gasteiger partial charge is 0.110 e. The van der Waals surface area contributed by atoms with Gasteiger partial charge < -0.3 is 4.40 Å². The Labute approximate surface area is 94.2 Å². The van der Waals surface area contributed by atoms with Crippen LogP contribution in [0, 0.1) is 6.92 Å². The summed E-state index contributed by atoms with van der Waals surface area (Å²) in [5.41, 5.74) is 3.38. The fraction of sp³-hybridized carbons (Fsp3) is 0.0714. The molecule has 78 valence electrons. The lowest BCUT2D eigenvalue weighted by Gasteiger charge is -1.97. The van der Waals surface area contributed by atoms with E-state index in [0.29, 0.717) is 0 Å². The Bertz CT molecular complexity index is 624. The highest BCUT2D eigenvalue weighted by Crippen LogP contribution is 2.23. The molecule has 0 spiro atoms. The van der Waals surface area contributed by atoms with Gasteiger partial charge in [-0.25, -0.2) is 4.98 Å². The van der Waals surface area contributed by atoms with E-state index in [2.05, 4.69) is 27.6 Å². The molecule has 0 fully saturated rings. The summed E-state index contributed by atoms with van der Waals surface area (Å²) < 4.78 is 2.11. The average Bonchev–Trinajstić information content (AvgIpc) is 2.69. The molecule has 16 heavy (non-hydrogen) atoms. The van der Waals surface area contributed by atoms with Gasteiger partial charge in [0.25, 0.3) is 0 Å². The van der Waals surface area contributed by atoms with Gasteiger partial charge in [0.15, 0.2) is 0 Å². The summed E-state index contributed by atoms with van der Waals surface area (Å²) in [7, 11) is 0. The first kappa shape index (κ1) is 9.16. The summed E-state index contributed by atoms with van der Waals surface area (Å²) in [6, 6.07) is 16.5. The van der Waals surface area contributed by atoms with Crippen molar-refractivity contribution >= 4 is 5.52 Å². The molecule has 0 aliphatic heterocycles. The Balaban J connectivity index is 2.33. The van der Waals surface area contributed by atoms with Crippen LogP contribution in [0.2, 0.25) is 0 Å². The van der Waals surface area contributed by atoms with Gasteiger partial charge in [-0.2, -0.15) is 0 Å². The highest BCUT2D eigenvalue weighted by molar-refractivity contribution is 5.77. The number of pyridine rings is 1. The average molecular weight is 208 g/mol. The Morgan fingerprint density at radius 3 is 2.50 bits per heavy atom. The van der Waals surface area contributed by atoms with E-state index in [-0.39, 0.29) is 0 Å². The molecule has 0 amide bonds. The van der Waals surface area contributed by atoms with Crippen molar-refractivity contribution in [3.8, 4) is 11.3 Å². The van der Waals surface area contributed by atoms with E-state index in [1.54, 1.807) is 0 Å². The number of fused-ring (bicyclic) bond motifs is 1. The van der Waals surface area contributed by atoms with E-state index in [4.69, 9.17) is 0 Å². The molecule has 2 nitrogen and oxygen atoms in total. The number of benzene rings is 1. The third kappa shape index (κ3) is 1.31. The molecule has 2 heteroatoms. The second-order valence-corrected chi connectivity index (χ2v) is 3.83. The molecular weight excluding hydrogens is 196 g/mol. The molecule has 0 saturated heterocycles. The van der Waals surface area contributed by atoms with Crippen LogP contribution in [-0.4, -0.2) is 9.38 Å². The van der Waals surface area contributed by atoms with Crippen LogP contribution in [0.4, 0.5) is 0 Å². The Morgan fingerprint density at radius 1 is 0.938 bits per heavy atom. The van der Waals surface area contributed by atoms with Gasteiger partial charge in [0.1, 0.15) is 5.82 Å². The fourth-order valence-electron chi connectivity index (χ4n) is 2.00. The summed E-state index contributed by atoms with van der Waals surface area (Å²) >= 11 is 0. The zero-order valence-electron chi connectivity index (χ0n) is 9.09. The lowest BCUT2D eigenvalue weighted by molar-refractivity contribution is 1.05. The molecule has 2 aromatic heterocycles. The van der Waals surface area contributed by atoms with Gasteiger partial charge >= 0.3 is 0 Å². The van der Waals surface area contributed by atoms with Crippen molar-refractivity contribution in [1.29, 1.82) is 0 Å².